The summed E-state index contributed by atoms with van der Waals surface area (Å²) in [6.45, 7) is 21.0. The number of aldehydes is 1. The molecule has 0 amide bonds. The van der Waals surface area contributed by atoms with Crippen LogP contribution in [0.25, 0.3) is 32.9 Å². The lowest BCUT2D eigenvalue weighted by Crippen LogP contribution is -2.14. The van der Waals surface area contributed by atoms with Gasteiger partial charge < -0.3 is 33.0 Å². The van der Waals surface area contributed by atoms with Gasteiger partial charge in [0.25, 0.3) is 0 Å². The van der Waals surface area contributed by atoms with E-state index in [1.165, 1.54) is 17.9 Å². The van der Waals surface area contributed by atoms with Crippen LogP contribution in [-0.4, -0.2) is 91.8 Å². The van der Waals surface area contributed by atoms with Crippen molar-refractivity contribution in [1.82, 2.24) is 14.5 Å². The third kappa shape index (κ3) is 17.1. The molecule has 0 bridgehead atoms. The van der Waals surface area contributed by atoms with Crippen molar-refractivity contribution in [2.45, 2.75) is 67.7 Å². The lowest BCUT2D eigenvalue weighted by atomic mass is 9.97. The molecule has 0 N–H and O–H groups in total. The summed E-state index contributed by atoms with van der Waals surface area (Å²) >= 11 is 0. The Labute approximate surface area is 368 Å². The highest BCUT2D eigenvalue weighted by Gasteiger charge is 2.14. The smallest absolute Gasteiger partial charge is 0.165 e. The summed E-state index contributed by atoms with van der Waals surface area (Å²) in [5.41, 5.74) is 8.00. The van der Waals surface area contributed by atoms with Crippen LogP contribution in [0.3, 0.4) is 0 Å². The Kier molecular flexibility index (Phi) is 23.1. The van der Waals surface area contributed by atoms with Gasteiger partial charge >= 0.3 is 0 Å². The highest BCUT2D eigenvalue weighted by Crippen LogP contribution is 2.31. The molecule has 0 saturated heterocycles. The number of hydrogen-bond donors (Lipinski definition) is 0. The van der Waals surface area contributed by atoms with Crippen molar-refractivity contribution < 1.29 is 38.1 Å². The summed E-state index contributed by atoms with van der Waals surface area (Å²) in [7, 11) is 2.08. The molecule has 332 valence electrons. The van der Waals surface area contributed by atoms with E-state index in [1.807, 2.05) is 89.6 Å². The van der Waals surface area contributed by atoms with E-state index in [4.69, 9.17) is 28.5 Å². The topological polar surface area (TPSA) is 128 Å². The van der Waals surface area contributed by atoms with E-state index >= 15 is 0 Å². The van der Waals surface area contributed by atoms with Gasteiger partial charge in [-0.3, -0.25) is 14.6 Å². The highest BCUT2D eigenvalue weighted by molar-refractivity contribution is 6.08. The molecule has 3 heterocycles. The number of ketones is 2. The second kappa shape index (κ2) is 28.2. The number of Topliss-reactive ketones (excluding diaryl/α,β-unsaturated/α-hetero) is 2. The molecule has 0 spiro atoms. The van der Waals surface area contributed by atoms with Crippen LogP contribution < -0.4 is 4.74 Å². The van der Waals surface area contributed by atoms with Crippen LogP contribution in [0.15, 0.2) is 85.3 Å². The molecule has 5 aromatic rings. The van der Waals surface area contributed by atoms with E-state index in [2.05, 4.69) is 65.1 Å². The lowest BCUT2D eigenvalue weighted by molar-refractivity contribution is -0.119. The summed E-state index contributed by atoms with van der Waals surface area (Å²) < 4.78 is 30.1. The molecule has 3 aromatic heterocycles. The van der Waals surface area contributed by atoms with E-state index in [1.54, 1.807) is 0 Å². The van der Waals surface area contributed by atoms with Crippen LogP contribution in [0.5, 0.6) is 5.75 Å². The molecule has 62 heavy (non-hydrogen) atoms. The normalized spacial score (nSPS) is 11.2. The Morgan fingerprint density at radius 2 is 1.47 bits per heavy atom. The van der Waals surface area contributed by atoms with Crippen molar-refractivity contribution in [3.8, 4) is 28.7 Å². The SMILES string of the molecule is C=C(C)C(C)CCC(=O)CC.CC=O.Cc1ccc(OCCOCCOCCOCCOCC#Cc2ccc(-c3ccc4c5cnccc5n(C)c4c3)cn2)cc1C(=O)C(C)C. The fourth-order valence-corrected chi connectivity index (χ4v) is 6.07. The molecule has 5 rings (SSSR count). The lowest BCUT2D eigenvalue weighted by Gasteiger charge is -2.12. The Balaban J connectivity index is 0.000000631. The minimum atomic E-state index is -0.0520. The number of carbonyl (C=O) groups excluding carboxylic acids is 3. The maximum Gasteiger partial charge on any atom is 0.165 e. The van der Waals surface area contributed by atoms with Crippen molar-refractivity contribution in [3.63, 3.8) is 0 Å². The maximum atomic E-state index is 12.3. The van der Waals surface area contributed by atoms with Crippen LogP contribution in [0.1, 0.15) is 82.4 Å². The van der Waals surface area contributed by atoms with E-state index in [-0.39, 0.29) is 11.7 Å². The predicted molar refractivity (Wildman–Crippen MR) is 248 cm³/mol. The second-order valence-corrected chi connectivity index (χ2v) is 15.1. The maximum absolute atomic E-state index is 12.3. The van der Waals surface area contributed by atoms with Gasteiger partial charge in [-0.1, -0.05) is 70.0 Å². The number of rotatable bonds is 22. The van der Waals surface area contributed by atoms with Crippen LogP contribution in [0, 0.1) is 30.6 Å². The number of pyridine rings is 2. The number of nitrogens with zero attached hydrogens (tertiary/aromatic N) is 3. The minimum absolute atomic E-state index is 0.0520. The number of aromatic nitrogens is 3. The second-order valence-electron chi connectivity index (χ2n) is 15.1. The Morgan fingerprint density at radius 1 is 0.823 bits per heavy atom. The first kappa shape index (κ1) is 50.8. The Morgan fingerprint density at radius 3 is 2.08 bits per heavy atom. The Bertz CT molecular complexity index is 2230. The first-order valence-corrected chi connectivity index (χ1v) is 21.3. The van der Waals surface area contributed by atoms with Crippen molar-refractivity contribution in [3.05, 3.63) is 102 Å². The molecule has 0 aliphatic heterocycles. The monoisotopic (exact) mass is 847 g/mol. The zero-order chi connectivity index (χ0) is 45.3. The summed E-state index contributed by atoms with van der Waals surface area (Å²) in [5, 5.41) is 2.34. The number of fused-ring (bicyclic) bond motifs is 3. The van der Waals surface area contributed by atoms with Gasteiger partial charge in [-0.25, -0.2) is 4.98 Å². The summed E-state index contributed by atoms with van der Waals surface area (Å²) in [6, 6.07) is 18.1. The van der Waals surface area contributed by atoms with Gasteiger partial charge in [0.05, 0.1) is 51.8 Å². The largest absolute Gasteiger partial charge is 0.491 e. The fraction of sp³-hybridized carbons (Fsp3) is 0.431. The zero-order valence-electron chi connectivity index (χ0n) is 38.0. The number of hydrogen-bond acceptors (Lipinski definition) is 10. The average Bonchev–Trinajstić information content (AvgIpc) is 3.56. The van der Waals surface area contributed by atoms with Gasteiger partial charge in [-0.05, 0) is 80.5 Å². The molecule has 11 nitrogen and oxygen atoms in total. The molecule has 1 unspecified atom stereocenters. The van der Waals surface area contributed by atoms with Crippen LogP contribution in [-0.2, 0) is 35.6 Å². The molecular weight excluding hydrogens is 783 g/mol. The minimum Gasteiger partial charge on any atom is -0.491 e. The first-order chi connectivity index (χ1) is 29.9. The fourth-order valence-electron chi connectivity index (χ4n) is 6.07. The zero-order valence-corrected chi connectivity index (χ0v) is 38.0. The van der Waals surface area contributed by atoms with Gasteiger partial charge in [-0.15, -0.1) is 0 Å². The standard InChI is InChI=1S/C39H43N3O6.C10H18O.C2H4O/c1-28(2)39(43)35-25-33(11-7-29(35)3)48-23-22-47-21-20-46-19-18-45-17-16-44-15-5-6-32-10-8-31(26-41-32)30-9-12-34-36-27-40-14-13-37(36)42(4)38(34)24-30;1-5-10(11)7-6-9(4)8(2)3;1-2-3/h7-14,24-28H,15-23H2,1-4H3;9H,2,5-7H2,1,3-4H3;2H,1H3. The van der Waals surface area contributed by atoms with Gasteiger partial charge in [0.15, 0.2) is 5.78 Å². The van der Waals surface area contributed by atoms with Crippen LogP contribution in [0.4, 0.5) is 0 Å². The summed E-state index contributed by atoms with van der Waals surface area (Å²) in [4.78, 5) is 40.9. The predicted octanol–water partition coefficient (Wildman–Crippen LogP) is 9.60. The van der Waals surface area contributed by atoms with E-state index in [9.17, 15) is 9.59 Å². The van der Waals surface area contributed by atoms with Crippen LogP contribution in [0.2, 0.25) is 0 Å². The summed E-state index contributed by atoms with van der Waals surface area (Å²) in [6.07, 6.45) is 8.69. The first-order valence-electron chi connectivity index (χ1n) is 21.3. The van der Waals surface area contributed by atoms with Gasteiger partial charge in [0, 0.05) is 71.8 Å². The third-order valence-corrected chi connectivity index (χ3v) is 10.00. The van der Waals surface area contributed by atoms with Gasteiger partial charge in [0.1, 0.15) is 36.7 Å². The number of carbonyl (C=O) groups is 3. The van der Waals surface area contributed by atoms with Crippen LogP contribution >= 0.6 is 0 Å². The number of ether oxygens (including phenoxy) is 5. The number of allylic oxidation sites excluding steroid dienone is 1. The molecule has 0 radical (unpaired) electrons. The van der Waals surface area contributed by atoms with Gasteiger partial charge in [0.2, 0.25) is 0 Å². The van der Waals surface area contributed by atoms with Crippen molar-refractivity contribution in [2.75, 3.05) is 59.5 Å². The molecule has 11 heteroatoms. The third-order valence-electron chi connectivity index (χ3n) is 10.00. The average molecular weight is 848 g/mol. The van der Waals surface area contributed by atoms with Crippen molar-refractivity contribution in [2.24, 2.45) is 18.9 Å². The summed E-state index contributed by atoms with van der Waals surface area (Å²) in [5.74, 6) is 7.65. The molecule has 1 atom stereocenters. The highest BCUT2D eigenvalue weighted by atomic mass is 16.6. The van der Waals surface area contributed by atoms with Gasteiger partial charge in [-0.2, -0.15) is 0 Å². The Hall–Kier alpha value is -5.51. The molecule has 0 aliphatic rings. The molecule has 0 fully saturated rings. The number of benzene rings is 2. The van der Waals surface area contributed by atoms with Crippen molar-refractivity contribution >= 4 is 39.7 Å². The van der Waals surface area contributed by atoms with Crippen molar-refractivity contribution in [1.29, 1.82) is 0 Å². The molecular formula is C51H65N3O8. The molecule has 2 aromatic carbocycles. The molecule has 0 saturated carbocycles. The molecule has 0 aliphatic carbocycles. The van der Waals surface area contributed by atoms with E-state index in [0.717, 1.165) is 45.8 Å². The quantitative estimate of drug-likeness (QED) is 0.0218. The number of aryl methyl sites for hydroxylation is 2. The van der Waals surface area contributed by atoms with E-state index in [0.29, 0.717) is 101 Å². The van der Waals surface area contributed by atoms with E-state index < -0.39 is 0 Å².